The minimum Gasteiger partial charge on any atom is -0.480 e. The molecule has 0 bridgehead atoms. The van der Waals surface area contributed by atoms with Gasteiger partial charge in [0.05, 0.1) is 13.2 Å². The Bertz CT molecular complexity index is 286. The summed E-state index contributed by atoms with van der Waals surface area (Å²) in [7, 11) is 0. The lowest BCUT2D eigenvalue weighted by Gasteiger charge is -2.33. The number of morpholine rings is 1. The first kappa shape index (κ1) is 16.4. The van der Waals surface area contributed by atoms with Crippen molar-refractivity contribution in [1.29, 1.82) is 0 Å². The molecule has 1 fully saturated rings. The van der Waals surface area contributed by atoms with Crippen molar-refractivity contribution in [2.45, 2.75) is 51.6 Å². The summed E-state index contributed by atoms with van der Waals surface area (Å²) in [4.78, 5) is 13.7. The van der Waals surface area contributed by atoms with E-state index in [1.54, 1.807) is 6.92 Å². The molecule has 1 heterocycles. The summed E-state index contributed by atoms with van der Waals surface area (Å²) in [6.07, 6.45) is 2.65. The van der Waals surface area contributed by atoms with Crippen molar-refractivity contribution < 1.29 is 14.6 Å². The molecule has 0 spiro atoms. The van der Waals surface area contributed by atoms with Gasteiger partial charge in [-0.25, -0.2) is 0 Å². The molecule has 112 valence electrons. The van der Waals surface area contributed by atoms with Gasteiger partial charge in [-0.2, -0.15) is 0 Å². The van der Waals surface area contributed by atoms with E-state index in [4.69, 9.17) is 4.74 Å². The SMILES string of the molecule is CCNC(C)(CCCCN1CCOCC1C)C(=O)O. The average Bonchev–Trinajstić information content (AvgIpc) is 2.37. The Labute approximate surface area is 116 Å². The Morgan fingerprint density at radius 1 is 1.53 bits per heavy atom. The third-order valence-electron chi connectivity index (χ3n) is 3.92. The highest BCUT2D eigenvalue weighted by Crippen LogP contribution is 2.15. The molecule has 0 aromatic rings. The van der Waals surface area contributed by atoms with Gasteiger partial charge in [-0.3, -0.25) is 9.69 Å². The van der Waals surface area contributed by atoms with Crippen molar-refractivity contribution in [3.63, 3.8) is 0 Å². The third-order valence-corrected chi connectivity index (χ3v) is 3.92. The van der Waals surface area contributed by atoms with E-state index in [-0.39, 0.29) is 0 Å². The summed E-state index contributed by atoms with van der Waals surface area (Å²) in [5, 5.41) is 12.3. The molecule has 1 aliphatic heterocycles. The van der Waals surface area contributed by atoms with Crippen LogP contribution < -0.4 is 5.32 Å². The summed E-state index contributed by atoms with van der Waals surface area (Å²) >= 11 is 0. The number of likely N-dealkylation sites (N-methyl/N-ethyl adjacent to an activating group) is 1. The van der Waals surface area contributed by atoms with Gasteiger partial charge in [-0.1, -0.05) is 6.92 Å². The van der Waals surface area contributed by atoms with Gasteiger partial charge in [0.1, 0.15) is 5.54 Å². The lowest BCUT2D eigenvalue weighted by molar-refractivity contribution is -0.144. The molecule has 1 aliphatic rings. The Hall–Kier alpha value is -0.650. The first-order valence-electron chi connectivity index (χ1n) is 7.30. The van der Waals surface area contributed by atoms with Crippen LogP contribution in [-0.2, 0) is 9.53 Å². The molecule has 5 nitrogen and oxygen atoms in total. The summed E-state index contributed by atoms with van der Waals surface area (Å²) in [6.45, 7) is 10.2. The van der Waals surface area contributed by atoms with Crippen LogP contribution in [0.4, 0.5) is 0 Å². The fraction of sp³-hybridized carbons (Fsp3) is 0.929. The molecule has 5 heteroatoms. The van der Waals surface area contributed by atoms with E-state index in [9.17, 15) is 9.90 Å². The molecule has 1 rings (SSSR count). The molecule has 0 aromatic carbocycles. The Morgan fingerprint density at radius 3 is 2.84 bits per heavy atom. The van der Waals surface area contributed by atoms with Crippen molar-refractivity contribution in [3.05, 3.63) is 0 Å². The first-order valence-corrected chi connectivity index (χ1v) is 7.30. The van der Waals surface area contributed by atoms with E-state index in [0.717, 1.165) is 39.1 Å². The van der Waals surface area contributed by atoms with Gasteiger partial charge in [0.15, 0.2) is 0 Å². The maximum Gasteiger partial charge on any atom is 0.323 e. The Morgan fingerprint density at radius 2 is 2.26 bits per heavy atom. The number of hydrogen-bond donors (Lipinski definition) is 2. The van der Waals surface area contributed by atoms with Gasteiger partial charge in [-0.05, 0) is 46.2 Å². The van der Waals surface area contributed by atoms with Gasteiger partial charge in [-0.15, -0.1) is 0 Å². The molecular formula is C14H28N2O3. The van der Waals surface area contributed by atoms with Crippen LogP contribution >= 0.6 is 0 Å². The first-order chi connectivity index (χ1) is 8.99. The highest BCUT2D eigenvalue weighted by atomic mass is 16.5. The monoisotopic (exact) mass is 272 g/mol. The highest BCUT2D eigenvalue weighted by molar-refractivity contribution is 5.78. The number of ether oxygens (including phenoxy) is 1. The van der Waals surface area contributed by atoms with Crippen molar-refractivity contribution in [2.24, 2.45) is 0 Å². The molecule has 0 amide bonds. The van der Waals surface area contributed by atoms with Crippen LogP contribution in [0.3, 0.4) is 0 Å². The number of carboxylic acid groups (broad SMARTS) is 1. The van der Waals surface area contributed by atoms with Crippen LogP contribution in [0.1, 0.15) is 40.0 Å². The normalized spacial score (nSPS) is 24.1. The zero-order valence-corrected chi connectivity index (χ0v) is 12.4. The van der Waals surface area contributed by atoms with Gasteiger partial charge >= 0.3 is 5.97 Å². The number of nitrogens with one attached hydrogen (secondary N) is 1. The van der Waals surface area contributed by atoms with Gasteiger partial charge in [0, 0.05) is 12.6 Å². The van der Waals surface area contributed by atoms with Crippen LogP contribution in [0.2, 0.25) is 0 Å². The topological polar surface area (TPSA) is 61.8 Å². The zero-order valence-electron chi connectivity index (χ0n) is 12.4. The maximum atomic E-state index is 11.3. The summed E-state index contributed by atoms with van der Waals surface area (Å²) in [5.74, 6) is -0.755. The molecule has 0 radical (unpaired) electrons. The second kappa shape index (κ2) is 7.82. The summed E-state index contributed by atoms with van der Waals surface area (Å²) in [5.41, 5.74) is -0.786. The smallest absolute Gasteiger partial charge is 0.323 e. The number of rotatable bonds is 8. The lowest BCUT2D eigenvalue weighted by Crippen LogP contribution is -2.49. The third kappa shape index (κ3) is 5.09. The van der Waals surface area contributed by atoms with Crippen LogP contribution in [0.25, 0.3) is 0 Å². The predicted molar refractivity (Wildman–Crippen MR) is 75.4 cm³/mol. The number of carbonyl (C=O) groups is 1. The minimum absolute atomic E-state index is 0.480. The molecule has 2 unspecified atom stereocenters. The van der Waals surface area contributed by atoms with E-state index in [1.807, 2.05) is 6.92 Å². The quantitative estimate of drug-likeness (QED) is 0.653. The number of hydrogen-bond acceptors (Lipinski definition) is 4. The molecule has 0 saturated carbocycles. The molecular weight excluding hydrogens is 244 g/mol. The molecule has 0 aliphatic carbocycles. The maximum absolute atomic E-state index is 11.3. The van der Waals surface area contributed by atoms with E-state index in [2.05, 4.69) is 17.1 Å². The Balaban J connectivity index is 2.26. The fourth-order valence-corrected chi connectivity index (χ4v) is 2.55. The van der Waals surface area contributed by atoms with Gasteiger partial charge in [0.25, 0.3) is 0 Å². The minimum atomic E-state index is -0.786. The van der Waals surface area contributed by atoms with Gasteiger partial charge < -0.3 is 15.2 Å². The predicted octanol–water partition coefficient (Wildman–Crippen LogP) is 1.33. The number of unbranched alkanes of at least 4 members (excludes halogenated alkanes) is 1. The highest BCUT2D eigenvalue weighted by Gasteiger charge is 2.31. The van der Waals surface area contributed by atoms with Crippen LogP contribution in [-0.4, -0.2) is 60.4 Å². The second-order valence-corrected chi connectivity index (χ2v) is 5.58. The largest absolute Gasteiger partial charge is 0.480 e. The van der Waals surface area contributed by atoms with E-state index >= 15 is 0 Å². The van der Waals surface area contributed by atoms with Crippen molar-refractivity contribution in [2.75, 3.05) is 32.8 Å². The van der Waals surface area contributed by atoms with E-state index in [1.165, 1.54) is 0 Å². The second-order valence-electron chi connectivity index (χ2n) is 5.58. The number of carboxylic acids is 1. The molecule has 2 atom stereocenters. The van der Waals surface area contributed by atoms with E-state index in [0.29, 0.717) is 19.0 Å². The zero-order chi connectivity index (χ0) is 14.3. The number of nitrogens with zero attached hydrogens (tertiary/aromatic N) is 1. The standard InChI is InChI=1S/C14H28N2O3/c1-4-15-14(3,13(17)18)7-5-6-8-16-9-10-19-11-12(16)2/h12,15H,4-11H2,1-3H3,(H,17,18). The molecule has 2 N–H and O–H groups in total. The van der Waals surface area contributed by atoms with Gasteiger partial charge in [0.2, 0.25) is 0 Å². The summed E-state index contributed by atoms with van der Waals surface area (Å²) in [6, 6.07) is 0.480. The van der Waals surface area contributed by atoms with Crippen LogP contribution in [0.15, 0.2) is 0 Å². The van der Waals surface area contributed by atoms with Crippen molar-refractivity contribution in [1.82, 2.24) is 10.2 Å². The van der Waals surface area contributed by atoms with Crippen molar-refractivity contribution >= 4 is 5.97 Å². The Kier molecular flexibility index (Phi) is 6.75. The number of aliphatic carboxylic acids is 1. The van der Waals surface area contributed by atoms with Crippen LogP contribution in [0.5, 0.6) is 0 Å². The van der Waals surface area contributed by atoms with Crippen LogP contribution in [0, 0.1) is 0 Å². The lowest BCUT2D eigenvalue weighted by atomic mass is 9.94. The molecule has 1 saturated heterocycles. The fourth-order valence-electron chi connectivity index (χ4n) is 2.55. The average molecular weight is 272 g/mol. The summed E-state index contributed by atoms with van der Waals surface area (Å²) < 4.78 is 5.41. The van der Waals surface area contributed by atoms with Crippen molar-refractivity contribution in [3.8, 4) is 0 Å². The molecule has 19 heavy (non-hydrogen) atoms. The van der Waals surface area contributed by atoms with E-state index < -0.39 is 11.5 Å². The molecule has 0 aromatic heterocycles.